The molecule has 2 atom stereocenters. The summed E-state index contributed by atoms with van der Waals surface area (Å²) >= 11 is 6.32. The fourth-order valence-electron chi connectivity index (χ4n) is 3.48. The Balaban J connectivity index is 0.00000208. The summed E-state index contributed by atoms with van der Waals surface area (Å²) < 4.78 is 29.6. The number of halogens is 2. The molecule has 2 fully saturated rings. The molecule has 0 bridgehead atoms. The quantitative estimate of drug-likeness (QED) is 0.858. The number of hydrogen-bond donors (Lipinski definition) is 1. The Bertz CT molecular complexity index is 656. The van der Waals surface area contributed by atoms with Gasteiger partial charge in [-0.05, 0) is 30.4 Å². The lowest BCUT2D eigenvalue weighted by Crippen LogP contribution is -2.54. The zero-order valence-electron chi connectivity index (χ0n) is 13.8. The highest BCUT2D eigenvalue weighted by atomic mass is 35.5. The maximum absolute atomic E-state index is 13.2. The van der Waals surface area contributed by atoms with E-state index in [0.29, 0.717) is 43.7 Å². The Morgan fingerprint density at radius 2 is 2.00 bits per heavy atom. The first-order valence-corrected chi connectivity index (χ1v) is 9.99. The van der Waals surface area contributed by atoms with Gasteiger partial charge >= 0.3 is 0 Å². The molecule has 1 N–H and O–H groups in total. The third-order valence-corrected chi connectivity index (χ3v) is 7.06. The summed E-state index contributed by atoms with van der Waals surface area (Å²) in [5.74, 6) is 0.417. The molecule has 0 radical (unpaired) electrons. The molecular formula is C16H25Cl2N3O2S. The third-order valence-electron chi connectivity index (χ3n) is 4.70. The fourth-order valence-corrected chi connectivity index (χ4v) is 5.67. The first kappa shape index (κ1) is 19.9. The van der Waals surface area contributed by atoms with Gasteiger partial charge in [0.1, 0.15) is 0 Å². The summed E-state index contributed by atoms with van der Waals surface area (Å²) in [4.78, 5) is 0. The van der Waals surface area contributed by atoms with Crippen LogP contribution < -0.4 is 5.32 Å². The monoisotopic (exact) mass is 393 g/mol. The van der Waals surface area contributed by atoms with Gasteiger partial charge in [-0.1, -0.05) is 36.7 Å². The lowest BCUT2D eigenvalue weighted by atomic mass is 10.0. The first-order chi connectivity index (χ1) is 11.0. The van der Waals surface area contributed by atoms with Crippen LogP contribution in [0.4, 0.5) is 0 Å². The Labute approximate surface area is 155 Å². The lowest BCUT2D eigenvalue weighted by molar-refractivity contribution is 0.220. The number of piperazine rings is 1. The highest BCUT2D eigenvalue weighted by Crippen LogP contribution is 2.32. The molecule has 0 saturated carbocycles. The van der Waals surface area contributed by atoms with E-state index in [4.69, 9.17) is 11.6 Å². The number of nitrogens with one attached hydrogen (secondary N) is 1. The molecule has 1 aromatic carbocycles. The maximum Gasteiger partial charge on any atom is 0.282 e. The molecule has 2 saturated heterocycles. The molecule has 3 rings (SSSR count). The van der Waals surface area contributed by atoms with Gasteiger partial charge in [-0.3, -0.25) is 0 Å². The zero-order valence-corrected chi connectivity index (χ0v) is 16.2. The van der Waals surface area contributed by atoms with Crippen LogP contribution >= 0.6 is 24.0 Å². The van der Waals surface area contributed by atoms with E-state index in [1.54, 1.807) is 8.61 Å². The number of nitrogens with zero attached hydrogens (tertiary/aromatic N) is 2. The van der Waals surface area contributed by atoms with E-state index in [0.717, 1.165) is 18.4 Å². The van der Waals surface area contributed by atoms with Crippen molar-refractivity contribution in [3.8, 4) is 0 Å². The van der Waals surface area contributed by atoms with Crippen molar-refractivity contribution in [3.05, 3.63) is 34.9 Å². The van der Waals surface area contributed by atoms with E-state index in [2.05, 4.69) is 12.2 Å². The van der Waals surface area contributed by atoms with E-state index < -0.39 is 10.2 Å². The second-order valence-electron chi connectivity index (χ2n) is 6.47. The molecule has 2 aliphatic heterocycles. The average Bonchev–Trinajstić information content (AvgIpc) is 2.55. The second kappa shape index (κ2) is 8.34. The normalized spacial score (nSPS) is 26.8. The Kier molecular flexibility index (Phi) is 6.93. The van der Waals surface area contributed by atoms with Crippen molar-refractivity contribution in [2.24, 2.45) is 5.92 Å². The largest absolute Gasteiger partial charge is 0.313 e. The molecule has 8 heteroatoms. The summed E-state index contributed by atoms with van der Waals surface area (Å²) in [5.41, 5.74) is 0.870. The third kappa shape index (κ3) is 4.06. The summed E-state index contributed by atoms with van der Waals surface area (Å²) in [7, 11) is -3.46. The van der Waals surface area contributed by atoms with E-state index in [9.17, 15) is 8.42 Å². The fraction of sp³-hybridized carbons (Fsp3) is 0.625. The van der Waals surface area contributed by atoms with Crippen LogP contribution in [0.15, 0.2) is 24.3 Å². The van der Waals surface area contributed by atoms with Gasteiger partial charge in [0.25, 0.3) is 10.2 Å². The topological polar surface area (TPSA) is 52.7 Å². The van der Waals surface area contributed by atoms with Gasteiger partial charge in [0, 0.05) is 37.7 Å². The van der Waals surface area contributed by atoms with E-state index in [-0.39, 0.29) is 18.4 Å². The van der Waals surface area contributed by atoms with Gasteiger partial charge < -0.3 is 5.32 Å². The van der Waals surface area contributed by atoms with Crippen molar-refractivity contribution in [3.63, 3.8) is 0 Å². The predicted octanol–water partition coefficient (Wildman–Crippen LogP) is 2.68. The highest BCUT2D eigenvalue weighted by molar-refractivity contribution is 7.86. The van der Waals surface area contributed by atoms with Gasteiger partial charge in [-0.2, -0.15) is 17.0 Å². The molecule has 0 amide bonds. The molecule has 1 aromatic rings. The van der Waals surface area contributed by atoms with Gasteiger partial charge in [-0.15, -0.1) is 12.4 Å². The number of rotatable bonds is 3. The summed E-state index contributed by atoms with van der Waals surface area (Å²) in [6, 6.07) is 7.26. The Morgan fingerprint density at radius 1 is 1.25 bits per heavy atom. The minimum atomic E-state index is -3.46. The van der Waals surface area contributed by atoms with Gasteiger partial charge in [-0.25, -0.2) is 0 Å². The molecular weight excluding hydrogens is 369 g/mol. The number of piperidine rings is 1. The molecule has 2 unspecified atom stereocenters. The van der Waals surface area contributed by atoms with Crippen LogP contribution in [0.2, 0.25) is 5.02 Å². The van der Waals surface area contributed by atoms with Crippen LogP contribution in [0.25, 0.3) is 0 Å². The highest BCUT2D eigenvalue weighted by Gasteiger charge is 2.39. The standard InChI is InChI=1S/C16H24ClN3O2S.ClH/c1-13-5-4-9-19(12-13)23(21,22)20-10-8-18-11-16(20)14-6-2-3-7-15(14)17;/h2-3,6-7,13,16,18H,4-5,8-12H2,1H3;1H. The lowest BCUT2D eigenvalue weighted by Gasteiger charge is -2.40. The van der Waals surface area contributed by atoms with Crippen molar-refractivity contribution < 1.29 is 8.42 Å². The minimum Gasteiger partial charge on any atom is -0.313 e. The molecule has 0 aliphatic carbocycles. The summed E-state index contributed by atoms with van der Waals surface area (Å²) in [5, 5.41) is 3.91. The van der Waals surface area contributed by atoms with E-state index >= 15 is 0 Å². The Morgan fingerprint density at radius 3 is 2.71 bits per heavy atom. The molecule has 5 nitrogen and oxygen atoms in total. The van der Waals surface area contributed by atoms with Crippen LogP contribution in [-0.4, -0.2) is 49.8 Å². The zero-order chi connectivity index (χ0) is 16.4. The first-order valence-electron chi connectivity index (χ1n) is 8.22. The maximum atomic E-state index is 13.2. The second-order valence-corrected chi connectivity index (χ2v) is 8.75. The molecule has 136 valence electrons. The van der Waals surface area contributed by atoms with Crippen molar-refractivity contribution in [2.45, 2.75) is 25.8 Å². The summed E-state index contributed by atoms with van der Waals surface area (Å²) in [6.07, 6.45) is 2.03. The number of hydrogen-bond acceptors (Lipinski definition) is 3. The van der Waals surface area contributed by atoms with Crippen LogP contribution in [0.5, 0.6) is 0 Å². The SMILES string of the molecule is CC1CCCN(S(=O)(=O)N2CCNCC2c2ccccc2Cl)C1.Cl. The molecule has 0 aromatic heterocycles. The van der Waals surface area contributed by atoms with Crippen molar-refractivity contribution in [2.75, 3.05) is 32.7 Å². The smallest absolute Gasteiger partial charge is 0.282 e. The van der Waals surface area contributed by atoms with Gasteiger partial charge in [0.15, 0.2) is 0 Å². The van der Waals surface area contributed by atoms with Crippen molar-refractivity contribution >= 4 is 34.2 Å². The van der Waals surface area contributed by atoms with E-state index in [1.807, 2.05) is 24.3 Å². The Hall–Kier alpha value is -0.370. The summed E-state index contributed by atoms with van der Waals surface area (Å²) in [6.45, 7) is 5.08. The van der Waals surface area contributed by atoms with Gasteiger partial charge in [0.05, 0.1) is 6.04 Å². The molecule has 2 aliphatic rings. The average molecular weight is 394 g/mol. The van der Waals surface area contributed by atoms with Crippen LogP contribution in [0.1, 0.15) is 31.4 Å². The molecule has 0 spiro atoms. The number of benzene rings is 1. The van der Waals surface area contributed by atoms with Crippen molar-refractivity contribution in [1.29, 1.82) is 0 Å². The van der Waals surface area contributed by atoms with Crippen LogP contribution in [0, 0.1) is 5.92 Å². The van der Waals surface area contributed by atoms with E-state index in [1.165, 1.54) is 0 Å². The van der Waals surface area contributed by atoms with Crippen LogP contribution in [0.3, 0.4) is 0 Å². The van der Waals surface area contributed by atoms with Gasteiger partial charge in [0.2, 0.25) is 0 Å². The van der Waals surface area contributed by atoms with Crippen LogP contribution in [-0.2, 0) is 10.2 Å². The predicted molar refractivity (Wildman–Crippen MR) is 99.9 cm³/mol. The minimum absolute atomic E-state index is 0. The molecule has 2 heterocycles. The van der Waals surface area contributed by atoms with Crippen molar-refractivity contribution in [1.82, 2.24) is 13.9 Å². The molecule has 24 heavy (non-hydrogen) atoms.